The summed E-state index contributed by atoms with van der Waals surface area (Å²) in [4.78, 5) is 43.6. The van der Waals surface area contributed by atoms with Gasteiger partial charge in [0.25, 0.3) is 0 Å². The highest BCUT2D eigenvalue weighted by molar-refractivity contribution is 5.84. The molecule has 0 aromatic carbocycles. The third-order valence-corrected chi connectivity index (χ3v) is 14.8. The van der Waals surface area contributed by atoms with Gasteiger partial charge < -0.3 is 29.3 Å². The number of esters is 3. The molecule has 3 saturated heterocycles. The van der Waals surface area contributed by atoms with Gasteiger partial charge in [0.05, 0.1) is 28.5 Å². The number of carbonyl (C=O) groups is 3. The summed E-state index contributed by atoms with van der Waals surface area (Å²) in [6.45, 7) is 11.9. The zero-order valence-corrected chi connectivity index (χ0v) is 28.0. The second kappa shape index (κ2) is 9.91. The molecule has 6 fully saturated rings. The van der Waals surface area contributed by atoms with Crippen LogP contribution in [-0.2, 0) is 28.6 Å². The highest BCUT2D eigenvalue weighted by atomic mass is 16.6. The van der Waals surface area contributed by atoms with Gasteiger partial charge in [-0.3, -0.25) is 14.4 Å². The largest absolute Gasteiger partial charge is 0.462 e. The van der Waals surface area contributed by atoms with E-state index in [-0.39, 0.29) is 47.9 Å². The molecule has 2 bridgehead atoms. The fraction of sp³-hybridized carbons (Fsp3) is 0.811. The number of rotatable bonds is 3. The predicted octanol–water partition coefficient (Wildman–Crippen LogP) is 3.95. The van der Waals surface area contributed by atoms with E-state index in [2.05, 4.69) is 30.1 Å². The molecule has 0 aromatic rings. The van der Waals surface area contributed by atoms with Gasteiger partial charge in [-0.25, -0.2) is 0 Å². The molecule has 3 saturated carbocycles. The third-order valence-electron chi connectivity index (χ3n) is 14.8. The van der Waals surface area contributed by atoms with E-state index in [9.17, 15) is 24.6 Å². The van der Waals surface area contributed by atoms with Gasteiger partial charge in [0.1, 0.15) is 18.3 Å². The lowest BCUT2D eigenvalue weighted by molar-refractivity contribution is -0.165. The molecule has 3 aliphatic heterocycles. The van der Waals surface area contributed by atoms with Crippen LogP contribution in [0.25, 0.3) is 0 Å². The van der Waals surface area contributed by atoms with E-state index in [1.54, 1.807) is 0 Å². The number of likely N-dealkylation sites (tertiary alicyclic amines) is 1. The van der Waals surface area contributed by atoms with Crippen LogP contribution >= 0.6 is 0 Å². The Labute approximate surface area is 272 Å². The molecule has 9 nitrogen and oxygen atoms in total. The van der Waals surface area contributed by atoms with E-state index >= 15 is 0 Å². The van der Waals surface area contributed by atoms with Gasteiger partial charge in [0.15, 0.2) is 0 Å². The van der Waals surface area contributed by atoms with E-state index < -0.39 is 57.6 Å². The fourth-order valence-corrected chi connectivity index (χ4v) is 12.7. The molecule has 46 heavy (non-hydrogen) atoms. The standard InChI is InChI=1S/C37H51NO8/c1-20-9-10-24-26(20)29-27(25(44-21(2)39)17-34(24,4)42)37(32(41)46-29)19-36-14-13-33(37,3)30(36)28-22(11-12-35(36,5)43)23(31(40)45-28)18-38-15-7-6-8-16-38/h9,13-14,22-30,42-43H,6-8,10-12,15-19H2,1-5H3/t22-,23+,24-,25+,26+,27-,28+,29-,30+,33-,34-,35-,36+,37+/m1/s1. The maximum Gasteiger partial charge on any atom is 0.313 e. The van der Waals surface area contributed by atoms with Gasteiger partial charge in [0, 0.05) is 54.4 Å². The molecule has 2 N–H and O–H groups in total. The number of nitrogens with zero attached hydrogens (tertiary/aromatic N) is 1. The quantitative estimate of drug-likeness (QED) is 0.269. The summed E-state index contributed by atoms with van der Waals surface area (Å²) in [6.07, 6.45) is 10.4. The van der Waals surface area contributed by atoms with Crippen molar-refractivity contribution in [3.63, 3.8) is 0 Å². The van der Waals surface area contributed by atoms with Gasteiger partial charge in [0.2, 0.25) is 0 Å². The molecule has 8 rings (SSSR count). The molecule has 14 atom stereocenters. The first-order valence-electron chi connectivity index (χ1n) is 17.8. The van der Waals surface area contributed by atoms with E-state index in [0.717, 1.165) is 31.5 Å². The van der Waals surface area contributed by atoms with Crippen molar-refractivity contribution in [1.29, 1.82) is 0 Å². The lowest BCUT2D eigenvalue weighted by atomic mass is 9.54. The maximum atomic E-state index is 14.8. The summed E-state index contributed by atoms with van der Waals surface area (Å²) in [5.74, 6) is -2.54. The highest BCUT2D eigenvalue weighted by Gasteiger charge is 2.85. The molecule has 1 spiro atoms. The first-order valence-corrected chi connectivity index (χ1v) is 17.8. The van der Waals surface area contributed by atoms with Crippen molar-refractivity contribution in [2.75, 3.05) is 19.6 Å². The van der Waals surface area contributed by atoms with Crippen molar-refractivity contribution in [3.8, 4) is 0 Å². The Kier molecular flexibility index (Phi) is 6.69. The fourth-order valence-electron chi connectivity index (χ4n) is 12.7. The molecule has 8 aliphatic rings. The van der Waals surface area contributed by atoms with E-state index in [1.165, 1.54) is 13.3 Å². The minimum atomic E-state index is -1.17. The van der Waals surface area contributed by atoms with Crippen molar-refractivity contribution in [2.45, 2.75) is 115 Å². The van der Waals surface area contributed by atoms with Crippen molar-refractivity contribution in [1.82, 2.24) is 4.90 Å². The summed E-state index contributed by atoms with van der Waals surface area (Å²) in [5.41, 5.74) is -4.06. The number of hydrogen-bond donors (Lipinski definition) is 2. The van der Waals surface area contributed by atoms with Crippen molar-refractivity contribution in [3.05, 3.63) is 23.8 Å². The summed E-state index contributed by atoms with van der Waals surface area (Å²) >= 11 is 0. The molecular weight excluding hydrogens is 586 g/mol. The van der Waals surface area contributed by atoms with Crippen LogP contribution < -0.4 is 0 Å². The molecule has 3 heterocycles. The van der Waals surface area contributed by atoms with Gasteiger partial charge in [-0.05, 0) is 72.4 Å². The average molecular weight is 638 g/mol. The number of ether oxygens (including phenoxy) is 3. The maximum absolute atomic E-state index is 14.8. The molecule has 5 aliphatic carbocycles. The van der Waals surface area contributed by atoms with Crippen LogP contribution in [0.3, 0.4) is 0 Å². The number of allylic oxidation sites excluding steroid dienone is 2. The Bertz CT molecular complexity index is 1410. The van der Waals surface area contributed by atoms with Gasteiger partial charge in [-0.1, -0.05) is 37.1 Å². The van der Waals surface area contributed by atoms with Crippen molar-refractivity contribution in [2.24, 2.45) is 51.8 Å². The Hall–Kier alpha value is -2.23. The van der Waals surface area contributed by atoms with Crippen LogP contribution in [0.1, 0.15) is 86.0 Å². The number of piperidine rings is 1. The molecule has 9 heteroatoms. The van der Waals surface area contributed by atoms with E-state index in [4.69, 9.17) is 14.2 Å². The number of fused-ring (bicyclic) bond motifs is 6. The molecule has 252 valence electrons. The second-order valence-corrected chi connectivity index (χ2v) is 17.0. The van der Waals surface area contributed by atoms with Crippen LogP contribution in [0.4, 0.5) is 0 Å². The van der Waals surface area contributed by atoms with Gasteiger partial charge in [-0.2, -0.15) is 0 Å². The van der Waals surface area contributed by atoms with Crippen LogP contribution in [0, 0.1) is 51.8 Å². The SMILES string of the molecule is CC(=O)O[C@H]1C[C@@](C)(O)[C@@H]2CC=C(C)[C@@H]2[C@H]2OC(=O)[C@]3(C[C@@]45C=C[C@]3(C)[C@@H]4[C@H]3OC(=O)[C@@H](CN4CCCCC4)[C@H]3CC[C@@]5(C)O)[C@@H]21. The average Bonchev–Trinajstić information content (AvgIpc) is 3.70. The Balaban J connectivity index is 1.26. The van der Waals surface area contributed by atoms with Crippen LogP contribution in [0.5, 0.6) is 0 Å². The number of hydrogen-bond acceptors (Lipinski definition) is 9. The lowest BCUT2D eigenvalue weighted by Gasteiger charge is -2.46. The zero-order chi connectivity index (χ0) is 32.6. The topological polar surface area (TPSA) is 123 Å². The number of carbonyl (C=O) groups excluding carboxylic acids is 3. The third kappa shape index (κ3) is 3.82. The summed E-state index contributed by atoms with van der Waals surface area (Å²) in [6, 6.07) is 0. The Morgan fingerprint density at radius 2 is 1.80 bits per heavy atom. The molecule has 0 unspecified atom stereocenters. The highest BCUT2D eigenvalue weighted by Crippen LogP contribution is 2.80. The first kappa shape index (κ1) is 31.1. The first-order chi connectivity index (χ1) is 21.7. The molecule has 0 amide bonds. The minimum Gasteiger partial charge on any atom is -0.462 e. The molecule has 0 aromatic heterocycles. The molecule has 0 radical (unpaired) electrons. The molecular formula is C37H51NO8. The zero-order valence-electron chi connectivity index (χ0n) is 28.0. The number of aliphatic hydroxyl groups is 2. The Morgan fingerprint density at radius 1 is 1.07 bits per heavy atom. The summed E-state index contributed by atoms with van der Waals surface area (Å²) < 4.78 is 19.1. The second-order valence-electron chi connectivity index (χ2n) is 17.0. The predicted molar refractivity (Wildman–Crippen MR) is 167 cm³/mol. The lowest BCUT2D eigenvalue weighted by Crippen LogP contribution is -2.53. The van der Waals surface area contributed by atoms with Gasteiger partial charge >= 0.3 is 17.9 Å². The monoisotopic (exact) mass is 637 g/mol. The van der Waals surface area contributed by atoms with Crippen molar-refractivity contribution < 1.29 is 38.8 Å². The normalized spacial score (nSPS) is 53.9. The van der Waals surface area contributed by atoms with Gasteiger partial charge in [-0.15, -0.1) is 0 Å². The smallest absolute Gasteiger partial charge is 0.313 e. The Morgan fingerprint density at radius 3 is 2.52 bits per heavy atom. The summed E-state index contributed by atoms with van der Waals surface area (Å²) in [7, 11) is 0. The van der Waals surface area contributed by atoms with Crippen molar-refractivity contribution >= 4 is 17.9 Å². The van der Waals surface area contributed by atoms with Crippen LogP contribution in [0.2, 0.25) is 0 Å². The van der Waals surface area contributed by atoms with Crippen LogP contribution in [-0.4, -0.2) is 82.2 Å². The van der Waals surface area contributed by atoms with E-state index in [1.807, 2.05) is 20.8 Å². The van der Waals surface area contributed by atoms with E-state index in [0.29, 0.717) is 32.2 Å². The summed E-state index contributed by atoms with van der Waals surface area (Å²) in [5, 5.41) is 24.5. The minimum absolute atomic E-state index is 0.0705. The van der Waals surface area contributed by atoms with Crippen LogP contribution in [0.15, 0.2) is 23.8 Å².